The van der Waals surface area contributed by atoms with E-state index in [-0.39, 0.29) is 11.4 Å². The highest BCUT2D eigenvalue weighted by Crippen LogP contribution is 2.30. The highest BCUT2D eigenvalue weighted by molar-refractivity contribution is 5.60. The maximum atomic E-state index is 13.3. The summed E-state index contributed by atoms with van der Waals surface area (Å²) in [4.78, 5) is 0. The number of halogens is 5. The van der Waals surface area contributed by atoms with Crippen molar-refractivity contribution in [1.29, 1.82) is 0 Å². The van der Waals surface area contributed by atoms with Crippen LogP contribution in [0.3, 0.4) is 0 Å². The lowest BCUT2D eigenvalue weighted by Crippen LogP contribution is -2.04. The molecule has 2 aromatic rings. The number of benzene rings is 2. The number of hydrogen-bond donors (Lipinski definition) is 1. The number of hydrogen-bond acceptors (Lipinski definition) is 1. The van der Waals surface area contributed by atoms with E-state index in [2.05, 4.69) is 5.32 Å². The number of alkyl halides is 3. The third kappa shape index (κ3) is 3.21. The fourth-order valence-corrected chi connectivity index (χ4v) is 1.49. The van der Waals surface area contributed by atoms with Crippen LogP contribution in [0.25, 0.3) is 0 Å². The Bertz CT molecular complexity index is 575. The zero-order valence-electron chi connectivity index (χ0n) is 9.43. The Hall–Kier alpha value is -2.11. The topological polar surface area (TPSA) is 12.0 Å². The third-order valence-electron chi connectivity index (χ3n) is 2.42. The van der Waals surface area contributed by atoms with Gasteiger partial charge in [-0.05, 0) is 36.4 Å². The van der Waals surface area contributed by atoms with Crippen LogP contribution in [0.5, 0.6) is 0 Å². The maximum absolute atomic E-state index is 13.3. The highest BCUT2D eigenvalue weighted by Gasteiger charge is 2.29. The van der Waals surface area contributed by atoms with Crippen LogP contribution in [0.2, 0.25) is 0 Å². The van der Waals surface area contributed by atoms with Gasteiger partial charge < -0.3 is 5.32 Å². The minimum atomic E-state index is -4.42. The van der Waals surface area contributed by atoms with Gasteiger partial charge in [0.1, 0.15) is 11.6 Å². The monoisotopic (exact) mass is 273 g/mol. The summed E-state index contributed by atoms with van der Waals surface area (Å²) in [5.74, 6) is -1.55. The minimum Gasteiger partial charge on any atom is -0.353 e. The van der Waals surface area contributed by atoms with Crippen molar-refractivity contribution in [3.63, 3.8) is 0 Å². The molecule has 0 aliphatic carbocycles. The van der Waals surface area contributed by atoms with Gasteiger partial charge in [-0.1, -0.05) is 0 Å². The Morgan fingerprint density at radius 3 is 2.00 bits per heavy atom. The number of rotatable bonds is 2. The van der Waals surface area contributed by atoms with E-state index in [0.29, 0.717) is 6.07 Å². The summed E-state index contributed by atoms with van der Waals surface area (Å²) in [5.41, 5.74) is -0.530. The van der Waals surface area contributed by atoms with Crippen LogP contribution in [-0.2, 0) is 6.18 Å². The minimum absolute atomic E-state index is 0.0128. The predicted molar refractivity (Wildman–Crippen MR) is 61.1 cm³/mol. The van der Waals surface area contributed by atoms with Gasteiger partial charge in [0.15, 0.2) is 0 Å². The van der Waals surface area contributed by atoms with Gasteiger partial charge in [-0.3, -0.25) is 0 Å². The molecule has 1 N–H and O–H groups in total. The summed E-state index contributed by atoms with van der Waals surface area (Å²) < 4.78 is 63.0. The smallest absolute Gasteiger partial charge is 0.353 e. The van der Waals surface area contributed by atoms with Gasteiger partial charge in [0.25, 0.3) is 0 Å². The Morgan fingerprint density at radius 1 is 0.842 bits per heavy atom. The summed E-state index contributed by atoms with van der Waals surface area (Å²) >= 11 is 0. The molecule has 19 heavy (non-hydrogen) atoms. The van der Waals surface area contributed by atoms with E-state index in [1.54, 1.807) is 0 Å². The van der Waals surface area contributed by atoms with Crippen molar-refractivity contribution >= 4 is 11.4 Å². The third-order valence-corrected chi connectivity index (χ3v) is 2.42. The molecule has 0 spiro atoms. The Balaban J connectivity index is 2.20. The largest absolute Gasteiger partial charge is 0.416 e. The van der Waals surface area contributed by atoms with Crippen LogP contribution < -0.4 is 5.32 Å². The summed E-state index contributed by atoms with van der Waals surface area (Å²) in [6, 6.07) is 7.01. The van der Waals surface area contributed by atoms with E-state index in [1.165, 1.54) is 18.2 Å². The number of nitrogens with one attached hydrogen (secondary N) is 1. The molecule has 0 heterocycles. The van der Waals surface area contributed by atoms with Crippen molar-refractivity contribution in [2.75, 3.05) is 5.32 Å². The second-order valence-corrected chi connectivity index (χ2v) is 3.82. The summed E-state index contributed by atoms with van der Waals surface area (Å²) in [5, 5.41) is 2.57. The molecule has 2 aromatic carbocycles. The lowest BCUT2D eigenvalue weighted by molar-refractivity contribution is -0.137. The molecule has 6 heteroatoms. The van der Waals surface area contributed by atoms with Crippen molar-refractivity contribution in [1.82, 2.24) is 0 Å². The molecule has 100 valence electrons. The molecule has 1 nitrogen and oxygen atoms in total. The first-order chi connectivity index (χ1) is 8.86. The van der Waals surface area contributed by atoms with Crippen LogP contribution in [0.1, 0.15) is 5.56 Å². The van der Waals surface area contributed by atoms with Crippen molar-refractivity contribution in [2.45, 2.75) is 6.18 Å². The Labute approximate surface area is 105 Å². The molecule has 0 fully saturated rings. The molecular weight excluding hydrogens is 265 g/mol. The van der Waals surface area contributed by atoms with E-state index in [1.807, 2.05) is 0 Å². The van der Waals surface area contributed by atoms with Gasteiger partial charge in [-0.2, -0.15) is 13.2 Å². The van der Waals surface area contributed by atoms with Crippen LogP contribution in [0.15, 0.2) is 42.5 Å². The number of anilines is 2. The lowest BCUT2D eigenvalue weighted by Gasteiger charge is -2.10. The first-order valence-corrected chi connectivity index (χ1v) is 5.25. The molecule has 0 radical (unpaired) electrons. The van der Waals surface area contributed by atoms with Crippen LogP contribution in [0.4, 0.5) is 33.3 Å². The molecule has 0 aliphatic heterocycles. The standard InChI is InChI=1S/C13H8F5N/c14-9-3-6-12(11(15)7-9)19-10-4-1-8(2-5-10)13(16,17)18/h1-7,19H. The first kappa shape index (κ1) is 13.3. The van der Waals surface area contributed by atoms with Crippen LogP contribution >= 0.6 is 0 Å². The van der Waals surface area contributed by atoms with Gasteiger partial charge in [0.2, 0.25) is 0 Å². The average molecular weight is 273 g/mol. The van der Waals surface area contributed by atoms with E-state index < -0.39 is 23.4 Å². The van der Waals surface area contributed by atoms with Crippen molar-refractivity contribution in [3.05, 3.63) is 59.7 Å². The quantitative estimate of drug-likeness (QED) is 0.780. The van der Waals surface area contributed by atoms with E-state index in [4.69, 9.17) is 0 Å². The first-order valence-electron chi connectivity index (χ1n) is 5.25. The SMILES string of the molecule is Fc1ccc(Nc2ccc(C(F)(F)F)cc2)c(F)c1. The molecule has 0 atom stereocenters. The Kier molecular flexibility index (Phi) is 3.42. The summed E-state index contributed by atoms with van der Waals surface area (Å²) in [7, 11) is 0. The van der Waals surface area contributed by atoms with Gasteiger partial charge in [0.05, 0.1) is 11.3 Å². The van der Waals surface area contributed by atoms with E-state index in [0.717, 1.165) is 18.2 Å². The van der Waals surface area contributed by atoms with Gasteiger partial charge in [-0.25, -0.2) is 8.78 Å². The molecule has 0 saturated heterocycles. The predicted octanol–water partition coefficient (Wildman–Crippen LogP) is 4.73. The van der Waals surface area contributed by atoms with E-state index >= 15 is 0 Å². The van der Waals surface area contributed by atoms with Crippen molar-refractivity contribution in [2.24, 2.45) is 0 Å². The van der Waals surface area contributed by atoms with Gasteiger partial charge >= 0.3 is 6.18 Å². The molecule has 0 bridgehead atoms. The fraction of sp³-hybridized carbons (Fsp3) is 0.0769. The molecule has 0 saturated carbocycles. The molecule has 2 rings (SSSR count). The van der Waals surface area contributed by atoms with Crippen molar-refractivity contribution < 1.29 is 22.0 Å². The van der Waals surface area contributed by atoms with Gasteiger partial charge in [0, 0.05) is 11.8 Å². The van der Waals surface area contributed by atoms with E-state index in [9.17, 15) is 22.0 Å². The Morgan fingerprint density at radius 2 is 1.47 bits per heavy atom. The van der Waals surface area contributed by atoms with Crippen LogP contribution in [0, 0.1) is 11.6 Å². The molecule has 0 amide bonds. The average Bonchev–Trinajstić information content (AvgIpc) is 2.32. The van der Waals surface area contributed by atoms with Crippen molar-refractivity contribution in [3.8, 4) is 0 Å². The normalized spacial score (nSPS) is 11.4. The summed E-state index contributed by atoms with van der Waals surface area (Å²) in [6.45, 7) is 0. The second-order valence-electron chi connectivity index (χ2n) is 3.82. The molecule has 0 aliphatic rings. The summed E-state index contributed by atoms with van der Waals surface area (Å²) in [6.07, 6.45) is -4.42. The molecule has 0 aromatic heterocycles. The zero-order chi connectivity index (χ0) is 14.0. The lowest BCUT2D eigenvalue weighted by atomic mass is 10.2. The molecular formula is C13H8F5N. The maximum Gasteiger partial charge on any atom is 0.416 e. The van der Waals surface area contributed by atoms with Gasteiger partial charge in [-0.15, -0.1) is 0 Å². The van der Waals surface area contributed by atoms with Crippen LogP contribution in [-0.4, -0.2) is 0 Å². The zero-order valence-corrected chi connectivity index (χ0v) is 9.43. The second kappa shape index (κ2) is 4.87. The fourth-order valence-electron chi connectivity index (χ4n) is 1.49. The highest BCUT2D eigenvalue weighted by atomic mass is 19.4. The molecule has 0 unspecified atom stereocenters.